The van der Waals surface area contributed by atoms with Gasteiger partial charge in [-0.2, -0.15) is 0 Å². The van der Waals surface area contributed by atoms with Gasteiger partial charge in [-0.1, -0.05) is 43.5 Å². The van der Waals surface area contributed by atoms with E-state index in [0.717, 1.165) is 43.3 Å². The van der Waals surface area contributed by atoms with Gasteiger partial charge in [0.05, 0.1) is 36.9 Å². The summed E-state index contributed by atoms with van der Waals surface area (Å²) in [6, 6.07) is 8.40. The number of hydrogen-bond donors (Lipinski definition) is 2. The lowest BCUT2D eigenvalue weighted by Gasteiger charge is -2.37. The number of carbonyl (C=O) groups is 1. The Bertz CT molecular complexity index is 586. The average Bonchev–Trinajstić information content (AvgIpc) is 2.63. The van der Waals surface area contributed by atoms with Gasteiger partial charge < -0.3 is 15.1 Å². The average molecular weight is 365 g/mol. The number of rotatable bonds is 4. The minimum absolute atomic E-state index is 0.0162. The summed E-state index contributed by atoms with van der Waals surface area (Å²) in [7, 11) is 0. The van der Waals surface area contributed by atoms with Gasteiger partial charge in [0.15, 0.2) is 6.04 Å². The number of benzene rings is 1. The molecule has 5 heteroatoms. The van der Waals surface area contributed by atoms with Crippen molar-refractivity contribution in [3.63, 3.8) is 0 Å². The number of anilines is 1. The van der Waals surface area contributed by atoms with Crippen LogP contribution in [-0.2, 0) is 4.79 Å². The minimum Gasteiger partial charge on any atom is -0.359 e. The van der Waals surface area contributed by atoms with Crippen molar-refractivity contribution < 1.29 is 9.69 Å². The third-order valence-electron chi connectivity index (χ3n) is 6.04. The molecule has 0 unspecified atom stereocenters. The van der Waals surface area contributed by atoms with E-state index < -0.39 is 0 Å². The molecule has 1 saturated carbocycles. The molecule has 1 amide bonds. The van der Waals surface area contributed by atoms with Crippen LogP contribution in [0.15, 0.2) is 24.3 Å². The number of halogens is 1. The maximum Gasteiger partial charge on any atom is 0.278 e. The molecule has 0 bridgehead atoms. The van der Waals surface area contributed by atoms with E-state index in [-0.39, 0.29) is 11.9 Å². The highest BCUT2D eigenvalue weighted by Crippen LogP contribution is 2.25. The lowest BCUT2D eigenvalue weighted by molar-refractivity contribution is -0.914. The first-order valence-electron chi connectivity index (χ1n) is 9.70. The van der Waals surface area contributed by atoms with Crippen LogP contribution in [0.3, 0.4) is 0 Å². The number of piperazine rings is 1. The van der Waals surface area contributed by atoms with Gasteiger partial charge in [0.2, 0.25) is 0 Å². The summed E-state index contributed by atoms with van der Waals surface area (Å²) >= 11 is 6.32. The highest BCUT2D eigenvalue weighted by atomic mass is 35.5. The van der Waals surface area contributed by atoms with Crippen molar-refractivity contribution in [2.45, 2.75) is 51.6 Å². The molecule has 25 heavy (non-hydrogen) atoms. The zero-order valence-electron chi connectivity index (χ0n) is 15.4. The van der Waals surface area contributed by atoms with Crippen LogP contribution >= 0.6 is 11.6 Å². The van der Waals surface area contributed by atoms with Crippen LogP contribution in [-0.4, -0.2) is 44.2 Å². The largest absolute Gasteiger partial charge is 0.359 e. The number of carbonyl (C=O) groups excluding carboxylic acids is 1. The summed E-state index contributed by atoms with van der Waals surface area (Å²) in [6.45, 7) is 8.17. The molecule has 4 nitrogen and oxygen atoms in total. The molecular formula is C20H31ClN3O+. The van der Waals surface area contributed by atoms with Gasteiger partial charge in [0.1, 0.15) is 0 Å². The van der Waals surface area contributed by atoms with Crippen LogP contribution in [0.5, 0.6) is 0 Å². The van der Waals surface area contributed by atoms with Crippen molar-refractivity contribution in [2.24, 2.45) is 5.92 Å². The SMILES string of the molecule is C[C@H](C(=O)N[C@@H]1CCCC[C@@H]1C)[NH+]1CCN(c2ccccc2Cl)CC1. The van der Waals surface area contributed by atoms with Crippen LogP contribution in [0.1, 0.15) is 39.5 Å². The summed E-state index contributed by atoms with van der Waals surface area (Å²) < 4.78 is 0. The molecule has 3 atom stereocenters. The molecule has 2 N–H and O–H groups in total. The van der Waals surface area contributed by atoms with Crippen molar-refractivity contribution in [3.8, 4) is 0 Å². The van der Waals surface area contributed by atoms with Gasteiger partial charge in [-0.05, 0) is 37.8 Å². The summed E-state index contributed by atoms with van der Waals surface area (Å²) in [5, 5.41) is 4.13. The smallest absolute Gasteiger partial charge is 0.278 e. The monoisotopic (exact) mass is 364 g/mol. The standard InChI is InChI=1S/C20H30ClN3O/c1-15-7-3-5-9-18(15)22-20(25)16(2)23-11-13-24(14-12-23)19-10-6-4-8-17(19)21/h4,6,8,10,15-16,18H,3,5,7,9,11-14H2,1-2H3,(H,22,25)/p+1/t15-,16+,18+/m0/s1. The Morgan fingerprint density at radius 3 is 2.60 bits per heavy atom. The van der Waals surface area contributed by atoms with Gasteiger partial charge in [0, 0.05) is 6.04 Å². The van der Waals surface area contributed by atoms with Crippen LogP contribution in [0.4, 0.5) is 5.69 Å². The third kappa shape index (κ3) is 4.48. The van der Waals surface area contributed by atoms with Crippen LogP contribution in [0.2, 0.25) is 5.02 Å². The van der Waals surface area contributed by atoms with E-state index >= 15 is 0 Å². The molecule has 138 valence electrons. The molecule has 0 spiro atoms. The van der Waals surface area contributed by atoms with E-state index in [2.05, 4.69) is 30.1 Å². The first-order valence-corrected chi connectivity index (χ1v) is 10.1. The predicted molar refractivity (Wildman–Crippen MR) is 103 cm³/mol. The molecule has 1 heterocycles. The van der Waals surface area contributed by atoms with Crippen molar-refractivity contribution in [1.29, 1.82) is 0 Å². The third-order valence-corrected chi connectivity index (χ3v) is 6.36. The lowest BCUT2D eigenvalue weighted by atomic mass is 9.86. The molecule has 2 fully saturated rings. The molecule has 1 aliphatic heterocycles. The van der Waals surface area contributed by atoms with E-state index in [1.807, 2.05) is 18.2 Å². The van der Waals surface area contributed by atoms with Crippen molar-refractivity contribution >= 4 is 23.2 Å². The summed E-state index contributed by atoms with van der Waals surface area (Å²) in [4.78, 5) is 16.4. The quantitative estimate of drug-likeness (QED) is 0.858. The van der Waals surface area contributed by atoms with Gasteiger partial charge in [0.25, 0.3) is 5.91 Å². The minimum atomic E-state index is 0.0162. The summed E-state index contributed by atoms with van der Waals surface area (Å²) in [6.07, 6.45) is 4.92. The maximum atomic E-state index is 12.7. The van der Waals surface area contributed by atoms with Gasteiger partial charge in [-0.25, -0.2) is 0 Å². The Kier molecular flexibility index (Phi) is 6.24. The molecule has 1 aromatic carbocycles. The second kappa shape index (κ2) is 8.41. The molecule has 1 saturated heterocycles. The second-order valence-corrected chi connectivity index (χ2v) is 8.10. The molecule has 2 aliphatic rings. The molecule has 3 rings (SSSR count). The number of nitrogens with one attached hydrogen (secondary N) is 2. The fraction of sp³-hybridized carbons (Fsp3) is 0.650. The second-order valence-electron chi connectivity index (χ2n) is 7.70. The van der Waals surface area contributed by atoms with E-state index in [4.69, 9.17) is 11.6 Å². The Balaban J connectivity index is 1.51. The molecule has 1 aromatic rings. The number of para-hydroxylation sites is 1. The first kappa shape index (κ1) is 18.5. The van der Waals surface area contributed by atoms with Crippen molar-refractivity contribution in [3.05, 3.63) is 29.3 Å². The molecular weight excluding hydrogens is 334 g/mol. The number of amides is 1. The normalized spacial score (nSPS) is 26.3. The molecule has 0 aromatic heterocycles. The fourth-order valence-electron chi connectivity index (χ4n) is 4.20. The number of quaternary nitrogens is 1. The topological polar surface area (TPSA) is 36.8 Å². The van der Waals surface area contributed by atoms with Gasteiger partial charge in [-0.3, -0.25) is 4.79 Å². The lowest BCUT2D eigenvalue weighted by Crippen LogP contribution is -3.19. The Morgan fingerprint density at radius 2 is 1.92 bits per heavy atom. The Hall–Kier alpha value is -1.26. The Morgan fingerprint density at radius 1 is 1.24 bits per heavy atom. The number of hydrogen-bond acceptors (Lipinski definition) is 2. The fourth-order valence-corrected chi connectivity index (χ4v) is 4.46. The van der Waals surface area contributed by atoms with E-state index in [1.54, 1.807) is 0 Å². The van der Waals surface area contributed by atoms with E-state index in [9.17, 15) is 4.79 Å². The van der Waals surface area contributed by atoms with Crippen LogP contribution in [0.25, 0.3) is 0 Å². The highest BCUT2D eigenvalue weighted by Gasteiger charge is 2.32. The van der Waals surface area contributed by atoms with Crippen LogP contribution < -0.4 is 15.1 Å². The summed E-state index contributed by atoms with van der Waals surface area (Å²) in [5.41, 5.74) is 1.11. The zero-order valence-corrected chi connectivity index (χ0v) is 16.2. The Labute approximate surface area is 156 Å². The van der Waals surface area contributed by atoms with Crippen molar-refractivity contribution in [2.75, 3.05) is 31.1 Å². The van der Waals surface area contributed by atoms with Gasteiger partial charge >= 0.3 is 0 Å². The highest BCUT2D eigenvalue weighted by molar-refractivity contribution is 6.33. The summed E-state index contributed by atoms with van der Waals surface area (Å²) in [5.74, 6) is 0.830. The van der Waals surface area contributed by atoms with Crippen molar-refractivity contribution in [1.82, 2.24) is 5.32 Å². The van der Waals surface area contributed by atoms with E-state index in [1.165, 1.54) is 24.2 Å². The molecule has 1 aliphatic carbocycles. The van der Waals surface area contributed by atoms with E-state index in [0.29, 0.717) is 12.0 Å². The molecule has 0 radical (unpaired) electrons. The first-order chi connectivity index (χ1) is 12.1. The van der Waals surface area contributed by atoms with Gasteiger partial charge in [-0.15, -0.1) is 0 Å². The number of nitrogens with zero attached hydrogens (tertiary/aromatic N) is 1. The maximum absolute atomic E-state index is 12.7. The zero-order chi connectivity index (χ0) is 17.8. The van der Waals surface area contributed by atoms with Crippen LogP contribution in [0, 0.1) is 5.92 Å². The predicted octanol–water partition coefficient (Wildman–Crippen LogP) is 2.13.